The van der Waals surface area contributed by atoms with Gasteiger partial charge in [-0.2, -0.15) is 5.10 Å². The number of nitrogens with one attached hydrogen (secondary N) is 1. The summed E-state index contributed by atoms with van der Waals surface area (Å²) >= 11 is 0. The second-order valence-electron chi connectivity index (χ2n) is 6.37. The van der Waals surface area contributed by atoms with Crippen molar-refractivity contribution in [3.63, 3.8) is 0 Å². The highest BCUT2D eigenvalue weighted by Crippen LogP contribution is 2.36. The van der Waals surface area contributed by atoms with Crippen LogP contribution in [-0.2, 0) is 0 Å². The third-order valence-corrected chi connectivity index (χ3v) is 4.39. The maximum Gasteiger partial charge on any atom is 0.573 e. The number of fused-ring (bicyclic) bond motifs is 1. The van der Waals surface area contributed by atoms with Gasteiger partial charge in [0.15, 0.2) is 11.4 Å². The number of halogens is 3. The minimum atomic E-state index is -4.82. The van der Waals surface area contributed by atoms with Crippen LogP contribution < -0.4 is 4.74 Å². The number of nitrogens with zero attached hydrogens (tertiary/aromatic N) is 2. The van der Waals surface area contributed by atoms with E-state index < -0.39 is 6.36 Å². The zero-order valence-corrected chi connectivity index (χ0v) is 15.1. The molecule has 0 amide bonds. The van der Waals surface area contributed by atoms with Crippen molar-refractivity contribution in [3.05, 3.63) is 66.4 Å². The Morgan fingerprint density at radius 3 is 2.59 bits per heavy atom. The number of para-hydroxylation sites is 1. The lowest BCUT2D eigenvalue weighted by Crippen LogP contribution is -2.17. The third kappa shape index (κ3) is 3.82. The van der Waals surface area contributed by atoms with E-state index in [1.54, 1.807) is 36.5 Å². The summed E-state index contributed by atoms with van der Waals surface area (Å²) < 4.78 is 42.5. The van der Waals surface area contributed by atoms with E-state index in [0.717, 1.165) is 5.56 Å². The maximum absolute atomic E-state index is 12.8. The zero-order chi connectivity index (χ0) is 20.6. The summed E-state index contributed by atoms with van der Waals surface area (Å²) in [4.78, 5) is 15.9. The number of aromatic nitrogens is 3. The van der Waals surface area contributed by atoms with Gasteiger partial charge in [-0.1, -0.05) is 30.3 Å². The fourth-order valence-corrected chi connectivity index (χ4v) is 3.07. The monoisotopic (exact) mass is 397 g/mol. The molecule has 0 aliphatic rings. The molecule has 4 rings (SSSR count). The quantitative estimate of drug-likeness (QED) is 0.469. The largest absolute Gasteiger partial charge is 0.573 e. The molecule has 0 unspecified atom stereocenters. The van der Waals surface area contributed by atoms with E-state index in [9.17, 15) is 18.0 Å². The van der Waals surface area contributed by atoms with Crippen LogP contribution in [0.1, 0.15) is 17.3 Å². The molecule has 4 aromatic rings. The van der Waals surface area contributed by atoms with E-state index in [2.05, 4.69) is 19.9 Å². The lowest BCUT2D eigenvalue weighted by atomic mass is 10.0. The normalized spacial score (nSPS) is 11.6. The van der Waals surface area contributed by atoms with Gasteiger partial charge < -0.3 is 4.74 Å². The second kappa shape index (κ2) is 7.05. The van der Waals surface area contributed by atoms with Crippen molar-refractivity contribution in [2.24, 2.45) is 0 Å². The molecule has 5 nitrogen and oxygen atoms in total. The number of carbonyl (C=O) groups is 1. The number of aromatic amines is 1. The van der Waals surface area contributed by atoms with Crippen LogP contribution in [0.5, 0.6) is 5.75 Å². The Kier molecular flexibility index (Phi) is 4.54. The molecule has 29 heavy (non-hydrogen) atoms. The number of alkyl halides is 3. The van der Waals surface area contributed by atoms with Gasteiger partial charge in [0.1, 0.15) is 5.75 Å². The molecule has 2 aromatic heterocycles. The van der Waals surface area contributed by atoms with Crippen LogP contribution in [0.4, 0.5) is 13.2 Å². The average Bonchev–Trinajstić information content (AvgIpc) is 3.10. The summed E-state index contributed by atoms with van der Waals surface area (Å²) in [6, 6.07) is 14.6. The van der Waals surface area contributed by atoms with Crippen LogP contribution in [0.3, 0.4) is 0 Å². The molecule has 2 heterocycles. The number of Topliss-reactive ketones (excluding diaryl/α,β-unsaturated/α-hetero) is 1. The van der Waals surface area contributed by atoms with E-state index in [1.807, 2.05) is 6.07 Å². The molecule has 0 saturated carbocycles. The van der Waals surface area contributed by atoms with Crippen LogP contribution in [0.15, 0.2) is 60.8 Å². The van der Waals surface area contributed by atoms with Gasteiger partial charge in [0.05, 0.1) is 5.69 Å². The van der Waals surface area contributed by atoms with E-state index in [1.165, 1.54) is 25.1 Å². The number of benzene rings is 2. The van der Waals surface area contributed by atoms with E-state index in [0.29, 0.717) is 27.9 Å². The van der Waals surface area contributed by atoms with Crippen molar-refractivity contribution >= 4 is 16.8 Å². The van der Waals surface area contributed by atoms with Gasteiger partial charge in [-0.3, -0.25) is 9.89 Å². The van der Waals surface area contributed by atoms with Crippen molar-refractivity contribution in [2.45, 2.75) is 13.3 Å². The van der Waals surface area contributed by atoms with Crippen LogP contribution in [0, 0.1) is 0 Å². The molecule has 146 valence electrons. The lowest BCUT2D eigenvalue weighted by molar-refractivity contribution is -0.274. The van der Waals surface area contributed by atoms with Gasteiger partial charge >= 0.3 is 6.36 Å². The Morgan fingerprint density at radius 2 is 1.83 bits per heavy atom. The number of hydrogen-bond donors (Lipinski definition) is 1. The van der Waals surface area contributed by atoms with Gasteiger partial charge in [-0.05, 0) is 36.8 Å². The summed E-state index contributed by atoms with van der Waals surface area (Å²) in [5.41, 5.74) is 2.95. The Hall–Kier alpha value is -3.68. The highest BCUT2D eigenvalue weighted by molar-refractivity contribution is 5.97. The topological polar surface area (TPSA) is 67.9 Å². The Morgan fingerprint density at radius 1 is 1.03 bits per heavy atom. The molecule has 2 aromatic carbocycles. The third-order valence-electron chi connectivity index (χ3n) is 4.39. The van der Waals surface area contributed by atoms with Crippen molar-refractivity contribution in [1.29, 1.82) is 0 Å². The predicted molar refractivity (Wildman–Crippen MR) is 101 cm³/mol. The van der Waals surface area contributed by atoms with Crippen LogP contribution in [0.25, 0.3) is 33.4 Å². The zero-order valence-electron chi connectivity index (χ0n) is 15.1. The van der Waals surface area contributed by atoms with Crippen molar-refractivity contribution < 1.29 is 22.7 Å². The molecule has 0 atom stereocenters. The first-order chi connectivity index (χ1) is 13.8. The molecule has 1 N–H and O–H groups in total. The summed E-state index contributed by atoms with van der Waals surface area (Å²) in [5, 5.41) is 7.37. The van der Waals surface area contributed by atoms with Crippen molar-refractivity contribution in [1.82, 2.24) is 15.2 Å². The van der Waals surface area contributed by atoms with Crippen LogP contribution in [-0.4, -0.2) is 27.3 Å². The summed E-state index contributed by atoms with van der Waals surface area (Å²) in [6.45, 7) is 1.48. The van der Waals surface area contributed by atoms with Crippen LogP contribution >= 0.6 is 0 Å². The molecule has 0 fully saturated rings. The van der Waals surface area contributed by atoms with Gasteiger partial charge in [-0.25, -0.2) is 4.98 Å². The Balaban J connectivity index is 1.84. The molecule has 0 radical (unpaired) electrons. The molecular formula is C21H14F3N3O2. The molecular weight excluding hydrogens is 383 g/mol. The van der Waals surface area contributed by atoms with E-state index >= 15 is 0 Å². The summed E-state index contributed by atoms with van der Waals surface area (Å²) in [5.74, 6) is -0.405. The van der Waals surface area contributed by atoms with Gasteiger partial charge in [0, 0.05) is 28.3 Å². The number of pyridine rings is 1. The van der Waals surface area contributed by atoms with Crippen molar-refractivity contribution in [3.8, 4) is 28.1 Å². The Bertz CT molecular complexity index is 1220. The molecule has 0 aliphatic carbocycles. The average molecular weight is 397 g/mol. The Labute approximate surface area is 163 Å². The molecule has 0 bridgehead atoms. The van der Waals surface area contributed by atoms with Gasteiger partial charge in [-0.15, -0.1) is 13.2 Å². The van der Waals surface area contributed by atoms with E-state index in [-0.39, 0.29) is 17.1 Å². The molecule has 0 aliphatic heterocycles. The molecule has 0 saturated heterocycles. The summed E-state index contributed by atoms with van der Waals surface area (Å²) in [6.07, 6.45) is -3.22. The first kappa shape index (κ1) is 18.7. The number of ether oxygens (including phenoxy) is 1. The smallest absolute Gasteiger partial charge is 0.405 e. The minimum absolute atomic E-state index is 0.0666. The number of hydrogen-bond acceptors (Lipinski definition) is 4. The lowest BCUT2D eigenvalue weighted by Gasteiger charge is -2.12. The highest BCUT2D eigenvalue weighted by Gasteiger charge is 2.32. The molecule has 8 heteroatoms. The number of rotatable bonds is 4. The highest BCUT2D eigenvalue weighted by atomic mass is 19.4. The van der Waals surface area contributed by atoms with Gasteiger partial charge in [0.25, 0.3) is 0 Å². The molecule has 0 spiro atoms. The van der Waals surface area contributed by atoms with E-state index in [4.69, 9.17) is 0 Å². The first-order valence-electron chi connectivity index (χ1n) is 8.62. The fraction of sp³-hybridized carbons (Fsp3) is 0.0952. The second-order valence-corrected chi connectivity index (χ2v) is 6.37. The first-order valence-corrected chi connectivity index (χ1v) is 8.62. The minimum Gasteiger partial charge on any atom is -0.405 e. The number of ketones is 1. The summed E-state index contributed by atoms with van der Waals surface area (Å²) in [7, 11) is 0. The van der Waals surface area contributed by atoms with Crippen LogP contribution in [0.2, 0.25) is 0 Å². The van der Waals surface area contributed by atoms with Gasteiger partial charge in [0.2, 0.25) is 0 Å². The SMILES string of the molecule is CC(=O)c1cccc(-c2cnc3n[nH]c(-c4ccccc4OC(F)(F)F)c3c2)c1. The standard InChI is InChI=1S/C21H14F3N3O2/c1-12(28)13-5-4-6-14(9-13)15-10-17-19(26-27-20(17)25-11-15)16-7-2-3-8-18(16)29-21(22,23)24/h2-11H,1H3,(H,25,26,27). The van der Waals surface area contributed by atoms with Crippen molar-refractivity contribution in [2.75, 3.05) is 0 Å². The number of carbonyl (C=O) groups excluding carboxylic acids is 1. The fourth-order valence-electron chi connectivity index (χ4n) is 3.07. The number of H-pyrrole nitrogens is 1. The predicted octanol–water partition coefficient (Wildman–Crippen LogP) is 5.39. The maximum atomic E-state index is 12.8.